The second kappa shape index (κ2) is 6.32. The van der Waals surface area contributed by atoms with Crippen LogP contribution in [0.5, 0.6) is 0 Å². The van der Waals surface area contributed by atoms with Gasteiger partial charge in [-0.1, -0.05) is 6.07 Å². The lowest BCUT2D eigenvalue weighted by atomic mass is 10.4. The highest BCUT2D eigenvalue weighted by atomic mass is 32.2. The van der Waals surface area contributed by atoms with Crippen molar-refractivity contribution in [2.45, 2.75) is 18.9 Å². The first-order chi connectivity index (χ1) is 10.4. The van der Waals surface area contributed by atoms with Gasteiger partial charge in [0.1, 0.15) is 6.07 Å². The normalized spacial score (nSPS) is 11.8. The topological polar surface area (TPSA) is 109 Å². The molecule has 0 spiro atoms. The van der Waals surface area contributed by atoms with Crippen molar-refractivity contribution in [3.8, 4) is 6.07 Å². The molecule has 0 radical (unpaired) electrons. The third-order valence-electron chi connectivity index (χ3n) is 2.63. The molecule has 0 bridgehead atoms. The molecule has 1 N–H and O–H groups in total. The number of allylic oxidation sites excluding steroid dienone is 1. The maximum Gasteiger partial charge on any atom is 0.235 e. The monoisotopic (exact) mass is 315 g/mol. The number of rotatable bonds is 4. The number of sulfone groups is 1. The Morgan fingerprint density at radius 3 is 2.50 bits per heavy atom. The zero-order valence-electron chi connectivity index (χ0n) is 12.0. The van der Waals surface area contributed by atoms with E-state index in [9.17, 15) is 8.42 Å². The van der Waals surface area contributed by atoms with Crippen molar-refractivity contribution in [3.63, 3.8) is 0 Å². The van der Waals surface area contributed by atoms with Crippen LogP contribution >= 0.6 is 0 Å². The van der Waals surface area contributed by atoms with Crippen LogP contribution in [0.1, 0.15) is 11.4 Å². The zero-order chi connectivity index (χ0) is 16.2. The second-order valence-corrected chi connectivity index (χ2v) is 6.28. The number of nitrogens with one attached hydrogen (secondary N) is 1. The average Bonchev–Trinajstić information content (AvgIpc) is 2.47. The van der Waals surface area contributed by atoms with Gasteiger partial charge in [-0.05, 0) is 32.0 Å². The van der Waals surface area contributed by atoms with Crippen LogP contribution in [-0.2, 0) is 9.84 Å². The predicted molar refractivity (Wildman–Crippen MR) is 80.2 cm³/mol. The first-order valence-electron chi connectivity index (χ1n) is 6.28. The number of aromatic nitrogens is 3. The molecule has 0 saturated heterocycles. The molecule has 7 nitrogen and oxygen atoms in total. The summed E-state index contributed by atoms with van der Waals surface area (Å²) in [5.41, 5.74) is 1.46. The van der Waals surface area contributed by atoms with Gasteiger partial charge in [-0.25, -0.2) is 23.4 Å². The molecular formula is C14H13N5O2S. The number of hydrogen-bond donors (Lipinski definition) is 1. The molecule has 0 unspecified atom stereocenters. The Hall–Kier alpha value is -2.79. The van der Waals surface area contributed by atoms with Crippen LogP contribution in [0.25, 0.3) is 0 Å². The Balaban J connectivity index is 2.34. The summed E-state index contributed by atoms with van der Waals surface area (Å²) < 4.78 is 24.6. The first kappa shape index (κ1) is 15.6. The highest BCUT2D eigenvalue weighted by Gasteiger charge is 2.22. The second-order valence-electron chi connectivity index (χ2n) is 4.41. The van der Waals surface area contributed by atoms with Crippen LogP contribution < -0.4 is 5.32 Å². The van der Waals surface area contributed by atoms with Gasteiger partial charge >= 0.3 is 0 Å². The number of nitriles is 1. The fourth-order valence-corrected chi connectivity index (χ4v) is 2.73. The number of nitrogens with zero attached hydrogens (tertiary/aromatic N) is 4. The summed E-state index contributed by atoms with van der Waals surface area (Å²) in [6.07, 6.45) is 2.42. The lowest BCUT2D eigenvalue weighted by Gasteiger charge is -2.04. The summed E-state index contributed by atoms with van der Waals surface area (Å²) in [7, 11) is -3.97. The molecule has 0 aliphatic heterocycles. The van der Waals surface area contributed by atoms with Crippen molar-refractivity contribution < 1.29 is 8.42 Å². The smallest absolute Gasteiger partial charge is 0.235 e. The summed E-state index contributed by atoms with van der Waals surface area (Å²) in [5, 5.41) is 11.6. The number of aryl methyl sites for hydroxylation is 2. The lowest BCUT2D eigenvalue weighted by Crippen LogP contribution is -2.08. The number of pyridine rings is 1. The van der Waals surface area contributed by atoms with Crippen LogP contribution in [0.3, 0.4) is 0 Å². The molecule has 112 valence electrons. The first-order valence-corrected chi connectivity index (χ1v) is 7.77. The van der Waals surface area contributed by atoms with Crippen molar-refractivity contribution in [1.29, 1.82) is 5.26 Å². The molecule has 0 aliphatic rings. The Morgan fingerprint density at radius 2 is 1.95 bits per heavy atom. The van der Waals surface area contributed by atoms with Crippen LogP contribution in [0.4, 0.5) is 5.95 Å². The van der Waals surface area contributed by atoms with E-state index in [1.54, 1.807) is 32.0 Å². The van der Waals surface area contributed by atoms with Gasteiger partial charge in [0.05, 0.1) is 0 Å². The van der Waals surface area contributed by atoms with Gasteiger partial charge in [0.15, 0.2) is 9.93 Å². The molecule has 8 heteroatoms. The number of anilines is 1. The largest absolute Gasteiger partial charge is 0.329 e. The SMILES string of the molecule is Cc1cc(C)nc(N/C=C(\C#N)S(=O)(=O)c2ccccn2)n1. The third-order valence-corrected chi connectivity index (χ3v) is 4.21. The highest BCUT2D eigenvalue weighted by molar-refractivity contribution is 7.95. The fourth-order valence-electron chi connectivity index (χ4n) is 1.71. The summed E-state index contributed by atoms with van der Waals surface area (Å²) in [6.45, 7) is 3.58. The predicted octanol–water partition coefficient (Wildman–Crippen LogP) is 1.74. The minimum Gasteiger partial charge on any atom is -0.329 e. The van der Waals surface area contributed by atoms with Crippen LogP contribution in [0.2, 0.25) is 0 Å². The standard InChI is InChI=1S/C14H13N5O2S/c1-10-7-11(2)19-14(18-10)17-9-12(8-15)22(20,21)13-5-3-4-6-16-13/h3-7,9H,1-2H3,(H,17,18,19)/b12-9+. The van der Waals surface area contributed by atoms with E-state index in [0.29, 0.717) is 0 Å². The Bertz CT molecular complexity index is 834. The average molecular weight is 315 g/mol. The highest BCUT2D eigenvalue weighted by Crippen LogP contribution is 2.16. The fraction of sp³-hybridized carbons (Fsp3) is 0.143. The maximum absolute atomic E-state index is 12.3. The van der Waals surface area contributed by atoms with Gasteiger partial charge in [0.2, 0.25) is 15.8 Å². The minimum absolute atomic E-state index is 0.189. The zero-order valence-corrected chi connectivity index (χ0v) is 12.8. The van der Waals surface area contributed by atoms with Crippen molar-refractivity contribution in [2.24, 2.45) is 0 Å². The third kappa shape index (κ3) is 3.45. The van der Waals surface area contributed by atoms with Crippen molar-refractivity contribution in [2.75, 3.05) is 5.32 Å². The van der Waals surface area contributed by atoms with Gasteiger partial charge in [0.25, 0.3) is 0 Å². The van der Waals surface area contributed by atoms with E-state index >= 15 is 0 Å². The quantitative estimate of drug-likeness (QED) is 0.856. The molecule has 0 amide bonds. The molecular weight excluding hydrogens is 302 g/mol. The van der Waals surface area contributed by atoms with E-state index in [1.165, 1.54) is 18.3 Å². The van der Waals surface area contributed by atoms with E-state index in [0.717, 1.165) is 17.6 Å². The van der Waals surface area contributed by atoms with Gasteiger partial charge in [0, 0.05) is 23.8 Å². The van der Waals surface area contributed by atoms with Gasteiger partial charge < -0.3 is 5.32 Å². The molecule has 0 fully saturated rings. The van der Waals surface area contributed by atoms with Crippen LogP contribution in [0.15, 0.2) is 46.6 Å². The molecule has 0 aliphatic carbocycles. The van der Waals surface area contributed by atoms with Crippen molar-refractivity contribution in [1.82, 2.24) is 15.0 Å². The summed E-state index contributed by atoms with van der Waals surface area (Å²) >= 11 is 0. The van der Waals surface area contributed by atoms with E-state index in [1.807, 2.05) is 0 Å². The molecule has 0 aromatic carbocycles. The van der Waals surface area contributed by atoms with Crippen LogP contribution in [-0.4, -0.2) is 23.4 Å². The molecule has 0 saturated carbocycles. The molecule has 2 rings (SSSR count). The Kier molecular flexibility index (Phi) is 4.48. The van der Waals surface area contributed by atoms with Crippen molar-refractivity contribution in [3.05, 3.63) is 53.0 Å². The molecule has 0 atom stereocenters. The molecule has 22 heavy (non-hydrogen) atoms. The van der Waals surface area contributed by atoms with E-state index in [4.69, 9.17) is 5.26 Å². The van der Waals surface area contributed by atoms with E-state index in [-0.39, 0.29) is 11.0 Å². The van der Waals surface area contributed by atoms with Gasteiger partial charge in [-0.3, -0.25) is 0 Å². The molecule has 2 aromatic rings. The van der Waals surface area contributed by atoms with Gasteiger partial charge in [-0.2, -0.15) is 5.26 Å². The minimum atomic E-state index is -3.97. The Labute approximate surface area is 128 Å². The lowest BCUT2D eigenvalue weighted by molar-refractivity contribution is 0.599. The summed E-state index contributed by atoms with van der Waals surface area (Å²) in [4.78, 5) is 11.5. The van der Waals surface area contributed by atoms with Crippen molar-refractivity contribution >= 4 is 15.8 Å². The summed E-state index contributed by atoms with van der Waals surface area (Å²) in [6, 6.07) is 7.90. The maximum atomic E-state index is 12.3. The Morgan fingerprint density at radius 1 is 1.27 bits per heavy atom. The van der Waals surface area contributed by atoms with E-state index < -0.39 is 14.7 Å². The van der Waals surface area contributed by atoms with Gasteiger partial charge in [-0.15, -0.1) is 0 Å². The van der Waals surface area contributed by atoms with E-state index in [2.05, 4.69) is 20.3 Å². The van der Waals surface area contributed by atoms with Crippen LogP contribution in [0, 0.1) is 25.2 Å². The molecule has 2 heterocycles. The number of hydrogen-bond acceptors (Lipinski definition) is 7. The molecule has 2 aromatic heterocycles. The summed E-state index contributed by atoms with van der Waals surface area (Å²) in [5.74, 6) is 0.224.